The third-order valence-electron chi connectivity index (χ3n) is 2.16. The molecular formula is C11H16BrN3O. The molecule has 1 aromatic rings. The Morgan fingerprint density at radius 2 is 2.00 bits per heavy atom. The Morgan fingerprint density at radius 1 is 1.38 bits per heavy atom. The smallest absolute Gasteiger partial charge is 0.235 e. The normalized spacial score (nSPS) is 12.2. The van der Waals surface area contributed by atoms with E-state index in [-0.39, 0.29) is 11.9 Å². The first-order chi connectivity index (χ1) is 7.65. The summed E-state index contributed by atoms with van der Waals surface area (Å²) in [5.41, 5.74) is 13.1. The summed E-state index contributed by atoms with van der Waals surface area (Å²) in [6.45, 7) is 0.474. The van der Waals surface area contributed by atoms with Crippen molar-refractivity contribution in [3.8, 4) is 0 Å². The van der Waals surface area contributed by atoms with Gasteiger partial charge in [-0.05, 0) is 24.1 Å². The minimum Gasteiger partial charge on any atom is -0.329 e. The van der Waals surface area contributed by atoms with E-state index in [1.54, 1.807) is 0 Å². The molecule has 1 amide bonds. The van der Waals surface area contributed by atoms with Crippen LogP contribution in [-0.4, -0.2) is 23.8 Å². The lowest BCUT2D eigenvalue weighted by atomic mass is 10.1. The van der Waals surface area contributed by atoms with E-state index in [9.17, 15) is 4.79 Å². The number of anilines is 1. The molecule has 5 heteroatoms. The molecule has 0 saturated carbocycles. The molecule has 0 saturated heterocycles. The van der Waals surface area contributed by atoms with Gasteiger partial charge in [0.15, 0.2) is 0 Å². The van der Waals surface area contributed by atoms with Crippen molar-refractivity contribution in [2.75, 3.05) is 17.2 Å². The van der Waals surface area contributed by atoms with Crippen molar-refractivity contribution in [1.82, 2.24) is 0 Å². The molecule has 0 bridgehead atoms. The van der Waals surface area contributed by atoms with Crippen LogP contribution in [0.15, 0.2) is 24.3 Å². The van der Waals surface area contributed by atoms with Gasteiger partial charge in [0.2, 0.25) is 5.91 Å². The fourth-order valence-corrected chi connectivity index (χ4v) is 1.44. The Hall–Kier alpha value is -0.910. The minimum atomic E-state index is -0.0635. The van der Waals surface area contributed by atoms with Gasteiger partial charge in [0.25, 0.3) is 0 Å². The maximum absolute atomic E-state index is 11.1. The number of nitrogens with one attached hydrogen (secondary N) is 1. The highest BCUT2D eigenvalue weighted by Crippen LogP contribution is 2.10. The van der Waals surface area contributed by atoms with Crippen LogP contribution in [0.25, 0.3) is 0 Å². The van der Waals surface area contributed by atoms with Gasteiger partial charge in [-0.3, -0.25) is 4.79 Å². The lowest BCUT2D eigenvalue weighted by Gasteiger charge is -2.09. The van der Waals surface area contributed by atoms with Crippen LogP contribution < -0.4 is 16.8 Å². The first kappa shape index (κ1) is 13.2. The number of halogens is 1. The van der Waals surface area contributed by atoms with Gasteiger partial charge in [-0.25, -0.2) is 0 Å². The highest BCUT2D eigenvalue weighted by atomic mass is 79.9. The van der Waals surface area contributed by atoms with Crippen molar-refractivity contribution >= 4 is 27.5 Å². The lowest BCUT2D eigenvalue weighted by molar-refractivity contribution is -0.113. The maximum atomic E-state index is 11.1. The summed E-state index contributed by atoms with van der Waals surface area (Å²) in [6, 6.07) is 7.60. The van der Waals surface area contributed by atoms with Crippen LogP contribution in [-0.2, 0) is 11.2 Å². The average Bonchev–Trinajstić information content (AvgIpc) is 2.31. The van der Waals surface area contributed by atoms with Crippen molar-refractivity contribution < 1.29 is 4.79 Å². The van der Waals surface area contributed by atoms with Gasteiger partial charge >= 0.3 is 0 Å². The van der Waals surface area contributed by atoms with Crippen molar-refractivity contribution in [3.63, 3.8) is 0 Å². The molecule has 0 aliphatic heterocycles. The van der Waals surface area contributed by atoms with Crippen LogP contribution in [0.5, 0.6) is 0 Å². The van der Waals surface area contributed by atoms with Gasteiger partial charge in [0.05, 0.1) is 5.33 Å². The molecule has 0 aliphatic carbocycles. The molecule has 0 spiro atoms. The standard InChI is InChI=1S/C11H16BrN3O/c12-6-11(16)15-10-3-1-8(2-4-10)5-9(14)7-13/h1-4,9H,5-7,13-14H2,(H,15,16)/t9-/m0/s1. The molecule has 0 radical (unpaired) electrons. The Kier molecular flexibility index (Phi) is 5.45. The Bertz CT molecular complexity index is 340. The van der Waals surface area contributed by atoms with Crippen molar-refractivity contribution in [2.45, 2.75) is 12.5 Å². The molecule has 0 unspecified atom stereocenters. The van der Waals surface area contributed by atoms with Crippen LogP contribution >= 0.6 is 15.9 Å². The predicted octanol–water partition coefficient (Wildman–Crippen LogP) is 0.848. The zero-order valence-electron chi connectivity index (χ0n) is 8.95. The molecule has 16 heavy (non-hydrogen) atoms. The highest BCUT2D eigenvalue weighted by Gasteiger charge is 2.03. The third-order valence-corrected chi connectivity index (χ3v) is 2.67. The molecule has 0 aromatic heterocycles. The Labute approximate surface area is 104 Å². The third kappa shape index (κ3) is 4.30. The first-order valence-electron chi connectivity index (χ1n) is 5.06. The molecule has 1 rings (SSSR count). The van der Waals surface area contributed by atoms with E-state index in [1.165, 1.54) is 0 Å². The van der Waals surface area contributed by atoms with E-state index >= 15 is 0 Å². The van der Waals surface area contributed by atoms with Crippen molar-refractivity contribution in [2.24, 2.45) is 11.5 Å². The summed E-state index contributed by atoms with van der Waals surface area (Å²) < 4.78 is 0. The summed E-state index contributed by atoms with van der Waals surface area (Å²) in [4.78, 5) is 11.1. The molecule has 4 nitrogen and oxygen atoms in total. The van der Waals surface area contributed by atoms with Crippen LogP contribution in [0.3, 0.4) is 0 Å². The zero-order valence-corrected chi connectivity index (χ0v) is 10.5. The number of nitrogens with two attached hydrogens (primary N) is 2. The second-order valence-corrected chi connectivity index (χ2v) is 4.14. The average molecular weight is 286 g/mol. The highest BCUT2D eigenvalue weighted by molar-refractivity contribution is 9.09. The van der Waals surface area contributed by atoms with Crippen LogP contribution in [0, 0.1) is 0 Å². The second kappa shape index (κ2) is 6.62. The quantitative estimate of drug-likeness (QED) is 0.702. The number of amides is 1. The topological polar surface area (TPSA) is 81.1 Å². The minimum absolute atomic E-state index is 0.0111. The SMILES string of the molecule is NC[C@@H](N)Cc1ccc(NC(=O)CBr)cc1. The number of carbonyl (C=O) groups is 1. The number of hydrogen-bond acceptors (Lipinski definition) is 3. The largest absolute Gasteiger partial charge is 0.329 e. The van der Waals surface area contributed by atoms with Gasteiger partial charge in [-0.15, -0.1) is 0 Å². The molecule has 0 fully saturated rings. The zero-order chi connectivity index (χ0) is 12.0. The molecular weight excluding hydrogens is 270 g/mol. The molecule has 0 heterocycles. The van der Waals surface area contributed by atoms with Gasteiger partial charge in [-0.1, -0.05) is 28.1 Å². The lowest BCUT2D eigenvalue weighted by Crippen LogP contribution is -2.31. The number of carbonyl (C=O) groups excluding carboxylic acids is 1. The monoisotopic (exact) mass is 285 g/mol. The Morgan fingerprint density at radius 3 is 2.50 bits per heavy atom. The summed E-state index contributed by atoms with van der Waals surface area (Å²) in [5.74, 6) is -0.0635. The Balaban J connectivity index is 2.57. The van der Waals surface area contributed by atoms with Gasteiger partial charge in [-0.2, -0.15) is 0 Å². The van der Waals surface area contributed by atoms with Crippen LogP contribution in [0.1, 0.15) is 5.56 Å². The molecule has 88 valence electrons. The predicted molar refractivity (Wildman–Crippen MR) is 69.6 cm³/mol. The molecule has 0 aliphatic rings. The van der Waals surface area contributed by atoms with Gasteiger partial charge < -0.3 is 16.8 Å². The van der Waals surface area contributed by atoms with Crippen LogP contribution in [0.4, 0.5) is 5.69 Å². The van der Waals surface area contributed by atoms with Crippen molar-refractivity contribution in [1.29, 1.82) is 0 Å². The summed E-state index contributed by atoms with van der Waals surface area (Å²) in [7, 11) is 0. The van der Waals surface area contributed by atoms with E-state index in [0.29, 0.717) is 11.9 Å². The van der Waals surface area contributed by atoms with E-state index in [1.807, 2.05) is 24.3 Å². The molecule has 1 atom stereocenters. The van der Waals surface area contributed by atoms with E-state index in [0.717, 1.165) is 17.7 Å². The number of rotatable bonds is 5. The van der Waals surface area contributed by atoms with E-state index in [4.69, 9.17) is 11.5 Å². The number of alkyl halides is 1. The van der Waals surface area contributed by atoms with Crippen LogP contribution in [0.2, 0.25) is 0 Å². The van der Waals surface area contributed by atoms with E-state index < -0.39 is 0 Å². The van der Waals surface area contributed by atoms with Gasteiger partial charge in [0.1, 0.15) is 0 Å². The van der Waals surface area contributed by atoms with Crippen molar-refractivity contribution in [3.05, 3.63) is 29.8 Å². The van der Waals surface area contributed by atoms with E-state index in [2.05, 4.69) is 21.2 Å². The number of benzene rings is 1. The maximum Gasteiger partial charge on any atom is 0.235 e. The fourth-order valence-electron chi connectivity index (χ4n) is 1.30. The fraction of sp³-hybridized carbons (Fsp3) is 0.364. The summed E-state index contributed by atoms with van der Waals surface area (Å²) in [5, 5.41) is 3.04. The first-order valence-corrected chi connectivity index (χ1v) is 6.18. The second-order valence-electron chi connectivity index (χ2n) is 3.58. The summed E-state index contributed by atoms with van der Waals surface area (Å²) in [6.07, 6.45) is 0.753. The van der Waals surface area contributed by atoms with Gasteiger partial charge in [0, 0.05) is 18.3 Å². The molecule has 5 N–H and O–H groups in total. The molecule has 1 aromatic carbocycles. The number of hydrogen-bond donors (Lipinski definition) is 3. The summed E-state index contributed by atoms with van der Waals surface area (Å²) >= 11 is 3.09.